The predicted octanol–water partition coefficient (Wildman–Crippen LogP) is 6.37. The lowest BCUT2D eigenvalue weighted by atomic mass is 10.0. The minimum Gasteiger partial charge on any atom is -0.330 e. The van der Waals surface area contributed by atoms with Gasteiger partial charge in [0.05, 0.1) is 0 Å². The van der Waals surface area contributed by atoms with Crippen LogP contribution in [-0.4, -0.2) is 6.54 Å². The van der Waals surface area contributed by atoms with Gasteiger partial charge in [-0.3, -0.25) is 0 Å². The second-order valence-electron chi connectivity index (χ2n) is 6.08. The van der Waals surface area contributed by atoms with Gasteiger partial charge in [-0.1, -0.05) is 89.7 Å². The van der Waals surface area contributed by atoms with Crippen LogP contribution in [0.15, 0.2) is 12.2 Å². The molecule has 0 saturated heterocycles. The minimum absolute atomic E-state index is 0.869. The number of hydrogen-bond donors (Lipinski definition) is 1. The Morgan fingerprint density at radius 1 is 0.550 bits per heavy atom. The summed E-state index contributed by atoms with van der Waals surface area (Å²) in [7, 11) is 0. The fraction of sp³-hybridized carbons (Fsp3) is 0.895. The number of nitrogens with two attached hydrogens (primary N) is 1. The SMILES string of the molecule is CCCC=CCCCCCCCCCCCCCCN. The average molecular weight is 282 g/mol. The van der Waals surface area contributed by atoms with E-state index in [2.05, 4.69) is 19.1 Å². The molecular weight excluding hydrogens is 242 g/mol. The third kappa shape index (κ3) is 17.7. The average Bonchev–Trinajstić information content (AvgIpc) is 2.47. The number of allylic oxidation sites excluding steroid dienone is 2. The van der Waals surface area contributed by atoms with E-state index in [1.807, 2.05) is 0 Å². The standard InChI is InChI=1S/C19H39N/c1-2-3-4-5-6-7-8-9-10-11-12-13-14-15-16-17-18-19-20/h4-5H,2-3,6-20H2,1H3. The van der Waals surface area contributed by atoms with E-state index in [4.69, 9.17) is 5.73 Å². The first-order valence-corrected chi connectivity index (χ1v) is 9.27. The van der Waals surface area contributed by atoms with Crippen molar-refractivity contribution in [3.63, 3.8) is 0 Å². The maximum absolute atomic E-state index is 5.49. The summed E-state index contributed by atoms with van der Waals surface area (Å²) in [5.41, 5.74) is 5.49. The van der Waals surface area contributed by atoms with E-state index in [9.17, 15) is 0 Å². The molecule has 0 heterocycles. The second-order valence-corrected chi connectivity index (χ2v) is 6.08. The van der Waals surface area contributed by atoms with Crippen LogP contribution >= 0.6 is 0 Å². The smallest absolute Gasteiger partial charge is 0.00773 e. The lowest BCUT2D eigenvalue weighted by molar-refractivity contribution is 0.542. The molecule has 0 atom stereocenters. The monoisotopic (exact) mass is 281 g/mol. The minimum atomic E-state index is 0.869. The molecule has 0 aliphatic carbocycles. The summed E-state index contributed by atoms with van der Waals surface area (Å²) in [5, 5.41) is 0. The number of unbranched alkanes of at least 4 members (excludes halogenated alkanes) is 13. The molecule has 0 rings (SSSR count). The molecule has 0 unspecified atom stereocenters. The van der Waals surface area contributed by atoms with Crippen molar-refractivity contribution in [2.24, 2.45) is 5.73 Å². The van der Waals surface area contributed by atoms with Gasteiger partial charge in [0.25, 0.3) is 0 Å². The van der Waals surface area contributed by atoms with Crippen LogP contribution in [0.2, 0.25) is 0 Å². The zero-order chi connectivity index (χ0) is 14.7. The van der Waals surface area contributed by atoms with E-state index in [1.54, 1.807) is 0 Å². The van der Waals surface area contributed by atoms with Crippen LogP contribution in [0.3, 0.4) is 0 Å². The highest BCUT2D eigenvalue weighted by Crippen LogP contribution is 2.12. The number of rotatable bonds is 16. The third-order valence-corrected chi connectivity index (χ3v) is 3.95. The normalized spacial score (nSPS) is 11.5. The Kier molecular flexibility index (Phi) is 18.4. The summed E-state index contributed by atoms with van der Waals surface area (Å²) in [4.78, 5) is 0. The Morgan fingerprint density at radius 2 is 0.950 bits per heavy atom. The molecule has 0 amide bonds. The van der Waals surface area contributed by atoms with Crippen molar-refractivity contribution in [1.82, 2.24) is 0 Å². The molecule has 1 nitrogen and oxygen atoms in total. The van der Waals surface area contributed by atoms with Crippen molar-refractivity contribution in [3.8, 4) is 0 Å². The second kappa shape index (κ2) is 18.7. The lowest BCUT2D eigenvalue weighted by Gasteiger charge is -2.02. The van der Waals surface area contributed by atoms with Crippen molar-refractivity contribution in [2.45, 2.75) is 103 Å². The predicted molar refractivity (Wildman–Crippen MR) is 93.1 cm³/mol. The zero-order valence-electron chi connectivity index (χ0n) is 14.0. The van der Waals surface area contributed by atoms with E-state index in [1.165, 1.54) is 96.3 Å². The quantitative estimate of drug-likeness (QED) is 0.258. The first-order chi connectivity index (χ1) is 9.91. The molecule has 0 aromatic heterocycles. The molecule has 0 aliphatic heterocycles. The van der Waals surface area contributed by atoms with Crippen molar-refractivity contribution in [1.29, 1.82) is 0 Å². The fourth-order valence-corrected chi connectivity index (χ4v) is 2.58. The van der Waals surface area contributed by atoms with E-state index in [0.717, 1.165) is 6.54 Å². The Hall–Kier alpha value is -0.300. The van der Waals surface area contributed by atoms with Gasteiger partial charge in [0.1, 0.15) is 0 Å². The summed E-state index contributed by atoms with van der Waals surface area (Å²) in [5.74, 6) is 0. The number of hydrogen-bond acceptors (Lipinski definition) is 1. The molecule has 20 heavy (non-hydrogen) atoms. The molecule has 0 saturated carbocycles. The van der Waals surface area contributed by atoms with E-state index in [-0.39, 0.29) is 0 Å². The highest BCUT2D eigenvalue weighted by molar-refractivity contribution is 4.80. The van der Waals surface area contributed by atoms with Gasteiger partial charge in [-0.15, -0.1) is 0 Å². The van der Waals surface area contributed by atoms with Crippen LogP contribution in [0.5, 0.6) is 0 Å². The van der Waals surface area contributed by atoms with Crippen molar-refractivity contribution >= 4 is 0 Å². The van der Waals surface area contributed by atoms with Crippen LogP contribution in [0.1, 0.15) is 103 Å². The Morgan fingerprint density at radius 3 is 1.40 bits per heavy atom. The van der Waals surface area contributed by atoms with Crippen molar-refractivity contribution < 1.29 is 0 Å². The zero-order valence-corrected chi connectivity index (χ0v) is 14.0. The molecule has 1 heteroatoms. The van der Waals surface area contributed by atoms with Crippen LogP contribution < -0.4 is 5.73 Å². The van der Waals surface area contributed by atoms with E-state index in [0.29, 0.717) is 0 Å². The summed E-state index contributed by atoms with van der Waals surface area (Å²) >= 11 is 0. The molecule has 2 N–H and O–H groups in total. The molecule has 0 aromatic rings. The Labute approximate surface area is 128 Å². The molecule has 0 bridgehead atoms. The topological polar surface area (TPSA) is 26.0 Å². The molecule has 0 spiro atoms. The molecule has 0 radical (unpaired) electrons. The maximum Gasteiger partial charge on any atom is -0.00773 e. The lowest BCUT2D eigenvalue weighted by Crippen LogP contribution is -1.97. The van der Waals surface area contributed by atoms with Crippen molar-refractivity contribution in [2.75, 3.05) is 6.54 Å². The van der Waals surface area contributed by atoms with Crippen LogP contribution in [0.4, 0.5) is 0 Å². The van der Waals surface area contributed by atoms with Crippen LogP contribution in [0.25, 0.3) is 0 Å². The van der Waals surface area contributed by atoms with Gasteiger partial charge in [0.15, 0.2) is 0 Å². The van der Waals surface area contributed by atoms with Gasteiger partial charge in [-0.2, -0.15) is 0 Å². The van der Waals surface area contributed by atoms with Gasteiger partial charge in [0, 0.05) is 0 Å². The summed E-state index contributed by atoms with van der Waals surface area (Å²) in [6, 6.07) is 0. The molecule has 0 fully saturated rings. The first-order valence-electron chi connectivity index (χ1n) is 9.27. The van der Waals surface area contributed by atoms with Gasteiger partial charge < -0.3 is 5.73 Å². The third-order valence-electron chi connectivity index (χ3n) is 3.95. The van der Waals surface area contributed by atoms with Gasteiger partial charge in [-0.05, 0) is 32.2 Å². The van der Waals surface area contributed by atoms with E-state index < -0.39 is 0 Å². The molecule has 120 valence electrons. The van der Waals surface area contributed by atoms with Crippen LogP contribution in [-0.2, 0) is 0 Å². The van der Waals surface area contributed by atoms with Gasteiger partial charge >= 0.3 is 0 Å². The highest BCUT2D eigenvalue weighted by Gasteiger charge is 1.93. The van der Waals surface area contributed by atoms with Gasteiger partial charge in [0.2, 0.25) is 0 Å². The molecule has 0 aliphatic rings. The van der Waals surface area contributed by atoms with Crippen molar-refractivity contribution in [3.05, 3.63) is 12.2 Å². The molecular formula is C19H39N. The maximum atomic E-state index is 5.49. The van der Waals surface area contributed by atoms with E-state index >= 15 is 0 Å². The van der Waals surface area contributed by atoms with Crippen LogP contribution in [0, 0.1) is 0 Å². The van der Waals surface area contributed by atoms with Gasteiger partial charge in [-0.25, -0.2) is 0 Å². The summed E-state index contributed by atoms with van der Waals surface area (Å²) in [6.45, 7) is 3.11. The largest absolute Gasteiger partial charge is 0.330 e. The molecule has 0 aromatic carbocycles. The Balaban J connectivity index is 2.96. The first kappa shape index (κ1) is 19.7. The summed E-state index contributed by atoms with van der Waals surface area (Å²) in [6.07, 6.45) is 25.4. The Bertz CT molecular complexity index is 186. The fourth-order valence-electron chi connectivity index (χ4n) is 2.58. The summed E-state index contributed by atoms with van der Waals surface area (Å²) < 4.78 is 0. The highest BCUT2D eigenvalue weighted by atomic mass is 14.5.